The van der Waals surface area contributed by atoms with E-state index in [4.69, 9.17) is 4.74 Å². The van der Waals surface area contributed by atoms with Crippen LogP contribution in [0.2, 0.25) is 0 Å². The maximum atomic E-state index is 13.9. The number of carbonyl (C=O) groups is 3. The molecular weight excluding hydrogens is 558 g/mol. The zero-order valence-corrected chi connectivity index (χ0v) is 25.9. The monoisotopic (exact) mass is 605 g/mol. The van der Waals surface area contributed by atoms with Crippen molar-refractivity contribution in [3.05, 3.63) is 59.7 Å². The van der Waals surface area contributed by atoms with Crippen molar-refractivity contribution in [2.45, 2.75) is 76.5 Å². The lowest BCUT2D eigenvalue weighted by atomic mass is 9.96. The van der Waals surface area contributed by atoms with Crippen LogP contribution in [0.3, 0.4) is 0 Å². The Morgan fingerprint density at radius 1 is 1.00 bits per heavy atom. The molecule has 10 nitrogen and oxygen atoms in total. The molecule has 1 saturated carbocycles. The van der Waals surface area contributed by atoms with Crippen molar-refractivity contribution < 1.29 is 24.2 Å². The second kappa shape index (κ2) is 15.4. The minimum Gasteiger partial charge on any atom is -0.389 e. The molecule has 0 bridgehead atoms. The van der Waals surface area contributed by atoms with E-state index in [9.17, 15) is 19.5 Å². The Morgan fingerprint density at radius 2 is 1.73 bits per heavy atom. The van der Waals surface area contributed by atoms with E-state index in [0.717, 1.165) is 43.4 Å². The van der Waals surface area contributed by atoms with Crippen LogP contribution in [0, 0.1) is 0 Å². The third kappa shape index (κ3) is 8.30. The number of urea groups is 1. The molecule has 2 aromatic carbocycles. The van der Waals surface area contributed by atoms with Crippen molar-refractivity contribution >= 4 is 29.2 Å². The second-order valence-electron chi connectivity index (χ2n) is 12.1. The number of aliphatic hydroxyl groups excluding tert-OH is 1. The number of aliphatic hydroxyl groups is 1. The molecule has 5 rings (SSSR count). The molecule has 2 saturated heterocycles. The minimum absolute atomic E-state index is 0.0547. The number of carbonyl (C=O) groups excluding carboxylic acids is 3. The molecule has 4 amide bonds. The van der Waals surface area contributed by atoms with Crippen molar-refractivity contribution in [3.63, 3.8) is 0 Å². The van der Waals surface area contributed by atoms with Gasteiger partial charge in [0.1, 0.15) is 0 Å². The Balaban J connectivity index is 1.36. The van der Waals surface area contributed by atoms with E-state index in [1.807, 2.05) is 49.4 Å². The van der Waals surface area contributed by atoms with E-state index in [0.29, 0.717) is 63.5 Å². The molecule has 44 heavy (non-hydrogen) atoms. The fourth-order valence-electron chi connectivity index (χ4n) is 6.43. The van der Waals surface area contributed by atoms with Gasteiger partial charge in [-0.3, -0.25) is 9.59 Å². The number of morpholine rings is 1. The Morgan fingerprint density at radius 3 is 2.41 bits per heavy atom. The van der Waals surface area contributed by atoms with Gasteiger partial charge < -0.3 is 35.2 Å². The smallest absolute Gasteiger partial charge is 0.317 e. The highest BCUT2D eigenvalue weighted by Gasteiger charge is 2.29. The van der Waals surface area contributed by atoms with Gasteiger partial charge in [-0.25, -0.2) is 4.79 Å². The fourth-order valence-corrected chi connectivity index (χ4v) is 6.43. The molecule has 0 aromatic heterocycles. The number of likely N-dealkylation sites (N-methyl/N-ethyl adjacent to an activating group) is 1. The zero-order chi connectivity index (χ0) is 30.9. The number of anilines is 2. The Bertz CT molecular complexity index is 1260. The van der Waals surface area contributed by atoms with Gasteiger partial charge >= 0.3 is 6.03 Å². The molecule has 3 fully saturated rings. The summed E-state index contributed by atoms with van der Waals surface area (Å²) >= 11 is 0. The van der Waals surface area contributed by atoms with Gasteiger partial charge in [-0.15, -0.1) is 0 Å². The Kier molecular flexibility index (Phi) is 11.1. The van der Waals surface area contributed by atoms with Crippen LogP contribution in [0.5, 0.6) is 0 Å². The average molecular weight is 606 g/mol. The van der Waals surface area contributed by atoms with E-state index < -0.39 is 12.1 Å². The van der Waals surface area contributed by atoms with Crippen molar-refractivity contribution in [2.24, 2.45) is 0 Å². The largest absolute Gasteiger partial charge is 0.389 e. The lowest BCUT2D eigenvalue weighted by molar-refractivity contribution is -0.117. The zero-order valence-electron chi connectivity index (χ0n) is 25.9. The lowest BCUT2D eigenvalue weighted by Gasteiger charge is -2.32. The molecule has 0 spiro atoms. The first-order chi connectivity index (χ1) is 21.4. The van der Waals surface area contributed by atoms with Gasteiger partial charge in [0.2, 0.25) is 5.91 Å². The fraction of sp³-hybridized carbons (Fsp3) is 0.559. The standard InChI is InChI=1S/C34H47N5O5/c1-2-37(34(43)35-27-12-7-4-8-13-27)24-31(40)30(20-25-10-5-3-6-11-25)36-33(42)26-21-28(38-16-18-44-19-17-38)23-29(22-26)39-15-9-14-32(39)41/h3,5-6,10-11,21-23,27,30-31,40H,2,4,7-9,12-20,24H2,1H3,(H,35,43)(H,36,42). The van der Waals surface area contributed by atoms with Crippen molar-refractivity contribution in [1.29, 1.82) is 0 Å². The molecule has 2 unspecified atom stereocenters. The van der Waals surface area contributed by atoms with Gasteiger partial charge in [-0.1, -0.05) is 49.6 Å². The van der Waals surface area contributed by atoms with Gasteiger partial charge in [0.25, 0.3) is 5.91 Å². The van der Waals surface area contributed by atoms with E-state index in [2.05, 4.69) is 15.5 Å². The van der Waals surface area contributed by atoms with Gasteiger partial charge in [-0.05, 0) is 56.4 Å². The maximum absolute atomic E-state index is 13.9. The normalized spacial score (nSPS) is 19.0. The number of nitrogens with one attached hydrogen (secondary N) is 2. The molecule has 1 aliphatic carbocycles. The first kappa shape index (κ1) is 31.8. The summed E-state index contributed by atoms with van der Waals surface area (Å²) in [6, 6.07) is 14.7. The molecule has 0 radical (unpaired) electrons. The molecule has 2 aromatic rings. The van der Waals surface area contributed by atoms with Crippen LogP contribution in [0.4, 0.5) is 16.2 Å². The SMILES string of the molecule is CCN(CC(O)C(Cc1ccccc1)NC(=O)c1cc(N2CCOCC2)cc(N2CCCC2=O)c1)C(=O)NC1CCCCC1. The number of nitrogens with zero attached hydrogens (tertiary/aromatic N) is 3. The molecular formula is C34H47N5O5. The van der Waals surface area contributed by atoms with Gasteiger partial charge in [0, 0.05) is 55.6 Å². The predicted octanol–water partition coefficient (Wildman–Crippen LogP) is 3.72. The quantitative estimate of drug-likeness (QED) is 0.360. The summed E-state index contributed by atoms with van der Waals surface area (Å²) in [6.45, 7) is 5.65. The summed E-state index contributed by atoms with van der Waals surface area (Å²) < 4.78 is 5.54. The Labute approximate surface area is 260 Å². The van der Waals surface area contributed by atoms with Crippen molar-refractivity contribution in [3.8, 4) is 0 Å². The van der Waals surface area contributed by atoms with Crippen LogP contribution in [0.15, 0.2) is 48.5 Å². The van der Waals surface area contributed by atoms with Gasteiger partial charge in [0.05, 0.1) is 31.9 Å². The number of hydrogen-bond acceptors (Lipinski definition) is 6. The van der Waals surface area contributed by atoms with E-state index >= 15 is 0 Å². The molecule has 2 aliphatic heterocycles. The third-order valence-corrected chi connectivity index (χ3v) is 9.01. The summed E-state index contributed by atoms with van der Waals surface area (Å²) in [5.74, 6) is -0.276. The topological polar surface area (TPSA) is 114 Å². The number of amides is 4. The van der Waals surface area contributed by atoms with E-state index in [1.165, 1.54) is 6.42 Å². The molecule has 2 heterocycles. The Hall–Kier alpha value is -3.63. The van der Waals surface area contributed by atoms with Crippen LogP contribution in [-0.4, -0.2) is 92.0 Å². The first-order valence-corrected chi connectivity index (χ1v) is 16.3. The van der Waals surface area contributed by atoms with Gasteiger partial charge in [-0.2, -0.15) is 0 Å². The van der Waals surface area contributed by atoms with Crippen molar-refractivity contribution in [1.82, 2.24) is 15.5 Å². The van der Waals surface area contributed by atoms with Crippen LogP contribution >= 0.6 is 0 Å². The number of ether oxygens (including phenoxy) is 1. The highest BCUT2D eigenvalue weighted by molar-refractivity contribution is 6.00. The number of rotatable bonds is 11. The predicted molar refractivity (Wildman–Crippen MR) is 171 cm³/mol. The van der Waals surface area contributed by atoms with E-state index in [1.54, 1.807) is 15.9 Å². The van der Waals surface area contributed by atoms with Crippen LogP contribution in [-0.2, 0) is 16.0 Å². The van der Waals surface area contributed by atoms with E-state index in [-0.39, 0.29) is 30.4 Å². The summed E-state index contributed by atoms with van der Waals surface area (Å²) in [6.07, 6.45) is 6.08. The highest BCUT2D eigenvalue weighted by Crippen LogP contribution is 2.29. The van der Waals surface area contributed by atoms with Crippen LogP contribution in [0.25, 0.3) is 0 Å². The summed E-state index contributed by atoms with van der Waals surface area (Å²) in [4.78, 5) is 45.3. The molecule has 2 atom stereocenters. The highest BCUT2D eigenvalue weighted by atomic mass is 16.5. The molecule has 3 aliphatic rings. The molecule has 238 valence electrons. The molecule has 3 N–H and O–H groups in total. The summed E-state index contributed by atoms with van der Waals surface area (Å²) in [5, 5.41) is 17.8. The first-order valence-electron chi connectivity index (χ1n) is 16.3. The summed E-state index contributed by atoms with van der Waals surface area (Å²) in [7, 11) is 0. The third-order valence-electron chi connectivity index (χ3n) is 9.01. The van der Waals surface area contributed by atoms with Crippen molar-refractivity contribution in [2.75, 3.05) is 55.7 Å². The molecule has 10 heteroatoms. The van der Waals surface area contributed by atoms with Gasteiger partial charge in [0.15, 0.2) is 0 Å². The average Bonchev–Trinajstić information content (AvgIpc) is 3.50. The summed E-state index contributed by atoms with van der Waals surface area (Å²) in [5.41, 5.74) is 2.97. The van der Waals surface area contributed by atoms with Crippen LogP contribution in [0.1, 0.15) is 67.8 Å². The minimum atomic E-state index is -1.00. The van der Waals surface area contributed by atoms with Crippen LogP contribution < -0.4 is 20.4 Å². The number of hydrogen-bond donors (Lipinski definition) is 3. The maximum Gasteiger partial charge on any atom is 0.317 e. The second-order valence-corrected chi connectivity index (χ2v) is 12.1. The lowest BCUT2D eigenvalue weighted by Crippen LogP contribution is -2.53. The number of benzene rings is 2.